The SMILES string of the molecule is Nc1cc(Cl)c(NCCCn2ccnc2)c(Cl)c1. The zero-order valence-electron chi connectivity index (χ0n) is 9.74. The average molecular weight is 285 g/mol. The van der Waals surface area contributed by atoms with Gasteiger partial charge >= 0.3 is 0 Å². The minimum Gasteiger partial charge on any atom is -0.399 e. The number of rotatable bonds is 5. The van der Waals surface area contributed by atoms with Crippen LogP contribution in [0.15, 0.2) is 30.9 Å². The zero-order valence-corrected chi connectivity index (χ0v) is 11.2. The Labute approximate surface area is 116 Å². The van der Waals surface area contributed by atoms with E-state index in [-0.39, 0.29) is 0 Å². The van der Waals surface area contributed by atoms with Gasteiger partial charge in [0.05, 0.1) is 22.1 Å². The van der Waals surface area contributed by atoms with E-state index in [0.717, 1.165) is 25.2 Å². The molecule has 0 amide bonds. The molecular weight excluding hydrogens is 271 g/mol. The first-order chi connectivity index (χ1) is 8.66. The van der Waals surface area contributed by atoms with E-state index in [0.29, 0.717) is 15.7 Å². The average Bonchev–Trinajstić information content (AvgIpc) is 2.79. The first kappa shape index (κ1) is 13.1. The second-order valence-electron chi connectivity index (χ2n) is 3.94. The Morgan fingerprint density at radius 2 is 2.00 bits per heavy atom. The van der Waals surface area contributed by atoms with Crippen LogP contribution in [-0.4, -0.2) is 16.1 Å². The van der Waals surface area contributed by atoms with Crippen LogP contribution in [0.1, 0.15) is 6.42 Å². The first-order valence-corrected chi connectivity index (χ1v) is 6.36. The third-order valence-electron chi connectivity index (χ3n) is 2.52. The summed E-state index contributed by atoms with van der Waals surface area (Å²) < 4.78 is 2.02. The van der Waals surface area contributed by atoms with Crippen LogP contribution in [-0.2, 0) is 6.54 Å². The van der Waals surface area contributed by atoms with E-state index in [4.69, 9.17) is 28.9 Å². The number of hydrogen-bond acceptors (Lipinski definition) is 3. The van der Waals surface area contributed by atoms with Crippen LogP contribution in [0.4, 0.5) is 11.4 Å². The monoisotopic (exact) mass is 284 g/mol. The number of aryl methyl sites for hydroxylation is 1. The molecule has 3 N–H and O–H groups in total. The van der Waals surface area contributed by atoms with E-state index in [1.807, 2.05) is 10.8 Å². The van der Waals surface area contributed by atoms with Crippen molar-refractivity contribution in [1.29, 1.82) is 0 Å². The smallest absolute Gasteiger partial charge is 0.0945 e. The van der Waals surface area contributed by atoms with Crippen molar-refractivity contribution in [3.05, 3.63) is 40.9 Å². The summed E-state index contributed by atoms with van der Waals surface area (Å²) in [6, 6.07) is 3.37. The van der Waals surface area contributed by atoms with Crippen molar-refractivity contribution < 1.29 is 0 Å². The first-order valence-electron chi connectivity index (χ1n) is 5.61. The van der Waals surface area contributed by atoms with Gasteiger partial charge in [-0.3, -0.25) is 0 Å². The molecule has 0 unspecified atom stereocenters. The van der Waals surface area contributed by atoms with Gasteiger partial charge < -0.3 is 15.6 Å². The quantitative estimate of drug-likeness (QED) is 0.654. The molecule has 96 valence electrons. The summed E-state index contributed by atoms with van der Waals surface area (Å²) in [5.41, 5.74) is 6.94. The summed E-state index contributed by atoms with van der Waals surface area (Å²) in [6.45, 7) is 1.68. The van der Waals surface area contributed by atoms with Gasteiger partial charge in [-0.2, -0.15) is 0 Å². The Balaban J connectivity index is 1.87. The van der Waals surface area contributed by atoms with Crippen LogP contribution in [0.5, 0.6) is 0 Å². The number of aromatic nitrogens is 2. The molecule has 0 fully saturated rings. The maximum absolute atomic E-state index is 6.07. The van der Waals surface area contributed by atoms with Gasteiger partial charge in [-0.1, -0.05) is 23.2 Å². The molecule has 0 aliphatic heterocycles. The van der Waals surface area contributed by atoms with Crippen LogP contribution < -0.4 is 11.1 Å². The van der Waals surface area contributed by atoms with E-state index in [2.05, 4.69) is 10.3 Å². The van der Waals surface area contributed by atoms with Crippen LogP contribution >= 0.6 is 23.2 Å². The molecule has 1 aromatic carbocycles. The summed E-state index contributed by atoms with van der Waals surface area (Å²) >= 11 is 12.1. The Morgan fingerprint density at radius 1 is 1.28 bits per heavy atom. The number of halogens is 2. The minimum atomic E-state index is 0.544. The molecule has 2 rings (SSSR count). The molecule has 6 heteroatoms. The molecule has 0 aliphatic carbocycles. The molecule has 0 atom stereocenters. The predicted molar refractivity (Wildman–Crippen MR) is 76.2 cm³/mol. The lowest BCUT2D eigenvalue weighted by atomic mass is 10.2. The van der Waals surface area contributed by atoms with E-state index in [1.165, 1.54) is 0 Å². The number of imidazole rings is 1. The number of hydrogen-bond donors (Lipinski definition) is 2. The maximum Gasteiger partial charge on any atom is 0.0945 e. The number of benzene rings is 1. The highest BCUT2D eigenvalue weighted by Gasteiger charge is 2.06. The second-order valence-corrected chi connectivity index (χ2v) is 4.75. The molecule has 1 aromatic heterocycles. The van der Waals surface area contributed by atoms with Crippen LogP contribution in [0.3, 0.4) is 0 Å². The molecule has 1 heterocycles. The van der Waals surface area contributed by atoms with Gasteiger partial charge in [0, 0.05) is 31.2 Å². The number of nitrogen functional groups attached to an aromatic ring is 1. The van der Waals surface area contributed by atoms with Crippen molar-refractivity contribution in [3.63, 3.8) is 0 Å². The lowest BCUT2D eigenvalue weighted by molar-refractivity contribution is 0.661. The molecular formula is C12H14Cl2N4. The predicted octanol–water partition coefficient (Wildman–Crippen LogP) is 3.27. The molecule has 18 heavy (non-hydrogen) atoms. The van der Waals surface area contributed by atoms with Crippen molar-refractivity contribution in [2.24, 2.45) is 0 Å². The molecule has 0 aliphatic rings. The van der Waals surface area contributed by atoms with E-state index >= 15 is 0 Å². The van der Waals surface area contributed by atoms with Crippen molar-refractivity contribution in [2.75, 3.05) is 17.6 Å². The van der Waals surface area contributed by atoms with Crippen molar-refractivity contribution in [2.45, 2.75) is 13.0 Å². The summed E-state index contributed by atoms with van der Waals surface area (Å²) in [7, 11) is 0. The summed E-state index contributed by atoms with van der Waals surface area (Å²) in [6.07, 6.45) is 6.45. The normalized spacial score (nSPS) is 10.6. The van der Waals surface area contributed by atoms with Gasteiger partial charge in [-0.25, -0.2) is 4.98 Å². The lowest BCUT2D eigenvalue weighted by Crippen LogP contribution is -2.06. The molecule has 4 nitrogen and oxygen atoms in total. The largest absolute Gasteiger partial charge is 0.399 e. The van der Waals surface area contributed by atoms with Crippen molar-refractivity contribution >= 4 is 34.6 Å². The fraction of sp³-hybridized carbons (Fsp3) is 0.250. The highest BCUT2D eigenvalue weighted by Crippen LogP contribution is 2.32. The number of nitrogens with zero attached hydrogens (tertiary/aromatic N) is 2. The second kappa shape index (κ2) is 5.98. The highest BCUT2D eigenvalue weighted by molar-refractivity contribution is 6.39. The Bertz CT molecular complexity index is 488. The summed E-state index contributed by atoms with van der Waals surface area (Å²) in [5.74, 6) is 0. The molecule has 2 aromatic rings. The van der Waals surface area contributed by atoms with Crippen molar-refractivity contribution in [1.82, 2.24) is 9.55 Å². The molecule has 0 bridgehead atoms. The lowest BCUT2D eigenvalue weighted by Gasteiger charge is -2.11. The van der Waals surface area contributed by atoms with Gasteiger partial charge in [0.15, 0.2) is 0 Å². The van der Waals surface area contributed by atoms with Crippen LogP contribution in [0.25, 0.3) is 0 Å². The molecule has 0 saturated carbocycles. The van der Waals surface area contributed by atoms with Gasteiger partial charge in [-0.15, -0.1) is 0 Å². The molecule has 0 spiro atoms. The van der Waals surface area contributed by atoms with Gasteiger partial charge in [0.1, 0.15) is 0 Å². The fourth-order valence-electron chi connectivity index (χ4n) is 1.66. The summed E-state index contributed by atoms with van der Waals surface area (Å²) in [5, 5.41) is 4.31. The summed E-state index contributed by atoms with van der Waals surface area (Å²) in [4.78, 5) is 3.98. The van der Waals surface area contributed by atoms with E-state index in [9.17, 15) is 0 Å². The minimum absolute atomic E-state index is 0.544. The third-order valence-corrected chi connectivity index (χ3v) is 3.11. The third kappa shape index (κ3) is 3.31. The van der Waals surface area contributed by atoms with Gasteiger partial charge in [-0.05, 0) is 18.6 Å². The Kier molecular flexibility index (Phi) is 4.33. The Hall–Kier alpha value is -1.39. The van der Waals surface area contributed by atoms with Gasteiger partial charge in [0.25, 0.3) is 0 Å². The topological polar surface area (TPSA) is 55.9 Å². The zero-order chi connectivity index (χ0) is 13.0. The van der Waals surface area contributed by atoms with Gasteiger partial charge in [0.2, 0.25) is 0 Å². The Morgan fingerprint density at radius 3 is 2.61 bits per heavy atom. The highest BCUT2D eigenvalue weighted by atomic mass is 35.5. The fourth-order valence-corrected chi connectivity index (χ4v) is 2.29. The van der Waals surface area contributed by atoms with Crippen LogP contribution in [0, 0.1) is 0 Å². The number of anilines is 2. The number of nitrogens with one attached hydrogen (secondary N) is 1. The molecule has 0 saturated heterocycles. The van der Waals surface area contributed by atoms with Crippen LogP contribution in [0.2, 0.25) is 10.0 Å². The standard InChI is InChI=1S/C12H14Cl2N4/c13-10-6-9(15)7-11(14)12(10)17-2-1-4-18-5-3-16-8-18/h3,5-8,17H,1-2,4,15H2. The van der Waals surface area contributed by atoms with E-state index in [1.54, 1.807) is 24.7 Å². The maximum atomic E-state index is 6.07. The van der Waals surface area contributed by atoms with Crippen molar-refractivity contribution in [3.8, 4) is 0 Å². The number of nitrogens with two attached hydrogens (primary N) is 1. The van der Waals surface area contributed by atoms with E-state index < -0.39 is 0 Å². The molecule has 0 radical (unpaired) electrons.